The van der Waals surface area contributed by atoms with Gasteiger partial charge >= 0.3 is 0 Å². The van der Waals surface area contributed by atoms with Gasteiger partial charge in [-0.25, -0.2) is 0 Å². The highest BCUT2D eigenvalue weighted by Gasteiger charge is 2.13. The Morgan fingerprint density at radius 3 is 2.67 bits per heavy atom. The quantitative estimate of drug-likeness (QED) is 0.520. The number of dihydropyridines is 1. The molecule has 0 saturated heterocycles. The fraction of sp³-hybridized carbons (Fsp3) is 0.250. The summed E-state index contributed by atoms with van der Waals surface area (Å²) in [5.41, 5.74) is -0.0330. The number of nitrogens with one attached hydrogen (secondary N) is 1. The van der Waals surface area contributed by atoms with Crippen molar-refractivity contribution in [2.45, 2.75) is 12.5 Å². The third-order valence-electron chi connectivity index (χ3n) is 1.47. The van der Waals surface area contributed by atoms with Crippen LogP contribution in [0, 0.1) is 0 Å². The molecule has 0 saturated carbocycles. The molecule has 0 amide bonds. The van der Waals surface area contributed by atoms with Crippen molar-refractivity contribution in [3.05, 3.63) is 37.1 Å². The van der Waals surface area contributed by atoms with Crippen LogP contribution in [0.2, 0.25) is 0 Å². The van der Waals surface area contributed by atoms with Crippen LogP contribution in [0.4, 0.5) is 0 Å². The Balaban J connectivity index is 2.73. The van der Waals surface area contributed by atoms with Gasteiger partial charge in [-0.3, -0.25) is 0 Å². The topological polar surface area (TPSA) is 12.0 Å². The second kappa shape index (κ2) is 2.09. The van der Waals surface area contributed by atoms with E-state index in [1.54, 1.807) is 0 Å². The summed E-state index contributed by atoms with van der Waals surface area (Å²) in [6, 6.07) is 0. The maximum absolute atomic E-state index is 3.71. The molecule has 0 spiro atoms. The van der Waals surface area contributed by atoms with Gasteiger partial charge in [-0.15, -0.1) is 6.58 Å². The highest BCUT2D eigenvalue weighted by molar-refractivity contribution is 5.23. The van der Waals surface area contributed by atoms with E-state index in [1.165, 1.54) is 0 Å². The Kier molecular flexibility index (Phi) is 1.43. The molecule has 9 heavy (non-hydrogen) atoms. The molecule has 1 unspecified atom stereocenters. The van der Waals surface area contributed by atoms with E-state index in [9.17, 15) is 0 Å². The first-order valence-corrected chi connectivity index (χ1v) is 3.02. The van der Waals surface area contributed by atoms with Gasteiger partial charge in [0.05, 0.1) is 5.54 Å². The summed E-state index contributed by atoms with van der Waals surface area (Å²) >= 11 is 0. The number of hydrogen-bond donors (Lipinski definition) is 1. The molecule has 0 aliphatic carbocycles. The van der Waals surface area contributed by atoms with Gasteiger partial charge in [0.25, 0.3) is 0 Å². The maximum atomic E-state index is 3.71. The molecule has 1 N–H and O–H groups in total. The van der Waals surface area contributed by atoms with E-state index in [0.717, 1.165) is 0 Å². The Bertz CT molecular complexity index is 167. The van der Waals surface area contributed by atoms with Crippen LogP contribution in [0.1, 0.15) is 6.92 Å². The predicted octanol–water partition coefficient (Wildman–Crippen LogP) is 1.60. The Morgan fingerprint density at radius 1 is 1.56 bits per heavy atom. The van der Waals surface area contributed by atoms with Crippen LogP contribution in [-0.2, 0) is 0 Å². The summed E-state index contributed by atoms with van der Waals surface area (Å²) in [7, 11) is 0. The van der Waals surface area contributed by atoms with Crippen molar-refractivity contribution in [1.82, 2.24) is 5.32 Å². The van der Waals surface area contributed by atoms with Crippen LogP contribution in [0.5, 0.6) is 0 Å². The molecule has 0 aromatic carbocycles. The van der Waals surface area contributed by atoms with Gasteiger partial charge in [-0.2, -0.15) is 0 Å². The monoisotopic (exact) mass is 121 g/mol. The lowest BCUT2D eigenvalue weighted by atomic mass is 10.0. The van der Waals surface area contributed by atoms with Gasteiger partial charge in [0.2, 0.25) is 0 Å². The van der Waals surface area contributed by atoms with Gasteiger partial charge in [0.15, 0.2) is 0 Å². The maximum Gasteiger partial charge on any atom is 0.0707 e. The lowest BCUT2D eigenvalue weighted by molar-refractivity contribution is 0.613. The summed E-state index contributed by atoms with van der Waals surface area (Å²) < 4.78 is 0. The smallest absolute Gasteiger partial charge is 0.0707 e. The second-order valence-electron chi connectivity index (χ2n) is 2.35. The molecule has 1 atom stereocenters. The van der Waals surface area contributed by atoms with E-state index < -0.39 is 0 Å². The third kappa shape index (κ3) is 1.22. The Morgan fingerprint density at radius 2 is 2.33 bits per heavy atom. The molecule has 1 rings (SSSR count). The molecule has 1 heteroatoms. The lowest BCUT2D eigenvalue weighted by Gasteiger charge is -2.23. The molecule has 0 aromatic rings. The summed E-state index contributed by atoms with van der Waals surface area (Å²) in [6.45, 7) is 5.78. The number of rotatable bonds is 1. The van der Waals surface area contributed by atoms with Crippen LogP contribution in [0.3, 0.4) is 0 Å². The predicted molar refractivity (Wildman–Crippen MR) is 40.0 cm³/mol. The van der Waals surface area contributed by atoms with Gasteiger partial charge in [0, 0.05) is 0 Å². The van der Waals surface area contributed by atoms with Crippen LogP contribution < -0.4 is 5.32 Å². The zero-order valence-corrected chi connectivity index (χ0v) is 5.59. The second-order valence-corrected chi connectivity index (χ2v) is 2.35. The molecule has 48 valence electrons. The molecule has 0 fully saturated rings. The average Bonchev–Trinajstić information content (AvgIpc) is 1.90. The third-order valence-corrected chi connectivity index (χ3v) is 1.47. The first-order chi connectivity index (χ1) is 4.27. The van der Waals surface area contributed by atoms with Crippen molar-refractivity contribution in [1.29, 1.82) is 0 Å². The number of allylic oxidation sites excluding steroid dienone is 2. The number of hydrogen-bond acceptors (Lipinski definition) is 1. The van der Waals surface area contributed by atoms with Crippen molar-refractivity contribution < 1.29 is 0 Å². The molecule has 1 aliphatic heterocycles. The van der Waals surface area contributed by atoms with E-state index in [0.29, 0.717) is 0 Å². The van der Waals surface area contributed by atoms with Crippen LogP contribution in [0.15, 0.2) is 37.1 Å². The largest absolute Gasteiger partial charge is 0.379 e. The van der Waals surface area contributed by atoms with E-state index >= 15 is 0 Å². The fourth-order valence-electron chi connectivity index (χ4n) is 0.714. The van der Waals surface area contributed by atoms with Crippen LogP contribution in [-0.4, -0.2) is 5.54 Å². The van der Waals surface area contributed by atoms with Crippen molar-refractivity contribution in [2.24, 2.45) is 0 Å². The van der Waals surface area contributed by atoms with Crippen LogP contribution in [0.25, 0.3) is 0 Å². The summed E-state index contributed by atoms with van der Waals surface area (Å²) in [5, 5.41) is 3.16. The summed E-state index contributed by atoms with van der Waals surface area (Å²) in [6.07, 6.45) is 9.85. The molecule has 1 aliphatic rings. The Labute approximate surface area is 55.8 Å². The zero-order valence-electron chi connectivity index (χ0n) is 5.59. The molecule has 1 heterocycles. The van der Waals surface area contributed by atoms with E-state index in [2.05, 4.69) is 24.9 Å². The summed E-state index contributed by atoms with van der Waals surface area (Å²) in [4.78, 5) is 0. The first kappa shape index (κ1) is 6.14. The molecule has 0 aromatic heterocycles. The van der Waals surface area contributed by atoms with E-state index in [-0.39, 0.29) is 5.54 Å². The SMILES string of the molecule is C=CC1(C)C=CC=CN1. The molecule has 0 bridgehead atoms. The van der Waals surface area contributed by atoms with Crippen molar-refractivity contribution in [3.63, 3.8) is 0 Å². The van der Waals surface area contributed by atoms with Gasteiger partial charge in [0.1, 0.15) is 0 Å². The molecular weight excluding hydrogens is 110 g/mol. The molecule has 0 radical (unpaired) electrons. The highest BCUT2D eigenvalue weighted by atomic mass is 14.9. The average molecular weight is 121 g/mol. The minimum Gasteiger partial charge on any atom is -0.379 e. The molecule has 1 nitrogen and oxygen atoms in total. The normalized spacial score (nSPS) is 31.7. The zero-order chi connectivity index (χ0) is 6.74. The van der Waals surface area contributed by atoms with Crippen molar-refractivity contribution in [2.75, 3.05) is 0 Å². The molecular formula is C8H11N. The minimum atomic E-state index is -0.0330. The highest BCUT2D eigenvalue weighted by Crippen LogP contribution is 2.09. The van der Waals surface area contributed by atoms with E-state index in [4.69, 9.17) is 0 Å². The van der Waals surface area contributed by atoms with Crippen molar-refractivity contribution in [3.8, 4) is 0 Å². The van der Waals surface area contributed by atoms with Gasteiger partial charge in [-0.1, -0.05) is 18.2 Å². The van der Waals surface area contributed by atoms with Gasteiger partial charge < -0.3 is 5.32 Å². The standard InChI is InChI=1S/C8H11N/c1-3-8(2)6-4-5-7-9-8/h3-7,9H,1H2,2H3. The van der Waals surface area contributed by atoms with Crippen molar-refractivity contribution >= 4 is 0 Å². The first-order valence-electron chi connectivity index (χ1n) is 3.02. The van der Waals surface area contributed by atoms with Gasteiger partial charge in [-0.05, 0) is 19.2 Å². The Hall–Kier alpha value is -0.980. The lowest BCUT2D eigenvalue weighted by Crippen LogP contribution is -2.35. The van der Waals surface area contributed by atoms with E-state index in [1.807, 2.05) is 24.4 Å². The summed E-state index contributed by atoms with van der Waals surface area (Å²) in [5.74, 6) is 0. The van der Waals surface area contributed by atoms with Crippen LogP contribution >= 0.6 is 0 Å². The fourth-order valence-corrected chi connectivity index (χ4v) is 0.714. The minimum absolute atomic E-state index is 0.0330.